The van der Waals surface area contributed by atoms with Gasteiger partial charge in [-0.1, -0.05) is 0 Å². The highest BCUT2D eigenvalue weighted by Crippen LogP contribution is 2.25. The molecule has 2 aliphatic rings. The Balaban J connectivity index is 1.84. The highest BCUT2D eigenvalue weighted by molar-refractivity contribution is 7.99. The molecule has 2 nitrogen and oxygen atoms in total. The highest BCUT2D eigenvalue weighted by Gasteiger charge is 2.26. The summed E-state index contributed by atoms with van der Waals surface area (Å²) >= 11 is 2.13. The molecule has 88 valence electrons. The lowest BCUT2D eigenvalue weighted by Crippen LogP contribution is -2.47. The van der Waals surface area contributed by atoms with Crippen LogP contribution in [0, 0.1) is 5.92 Å². The standard InChI is InChI=1S/C12H24N2S/c1-12(2)10-14(6-3-5-13-12)8-11-4-7-15-9-11/h11,13H,3-10H2,1-2H3. The van der Waals surface area contributed by atoms with Crippen LogP contribution < -0.4 is 5.32 Å². The Kier molecular flexibility index (Phi) is 3.97. The summed E-state index contributed by atoms with van der Waals surface area (Å²) < 4.78 is 0. The van der Waals surface area contributed by atoms with Crippen LogP contribution in [0.1, 0.15) is 26.7 Å². The van der Waals surface area contributed by atoms with E-state index in [9.17, 15) is 0 Å². The molecule has 0 aromatic heterocycles. The summed E-state index contributed by atoms with van der Waals surface area (Å²) in [4.78, 5) is 2.68. The molecule has 1 atom stereocenters. The topological polar surface area (TPSA) is 15.3 Å². The van der Waals surface area contributed by atoms with Gasteiger partial charge in [0.15, 0.2) is 0 Å². The zero-order valence-electron chi connectivity index (χ0n) is 10.1. The van der Waals surface area contributed by atoms with Crippen LogP contribution in [0.3, 0.4) is 0 Å². The van der Waals surface area contributed by atoms with Gasteiger partial charge in [0.25, 0.3) is 0 Å². The number of hydrogen-bond donors (Lipinski definition) is 1. The fourth-order valence-corrected chi connectivity index (χ4v) is 3.94. The van der Waals surface area contributed by atoms with Crippen molar-refractivity contribution in [3.05, 3.63) is 0 Å². The minimum atomic E-state index is 0.308. The third-order valence-corrected chi connectivity index (χ3v) is 4.65. The first-order valence-corrected chi connectivity index (χ1v) is 7.36. The van der Waals surface area contributed by atoms with Gasteiger partial charge >= 0.3 is 0 Å². The van der Waals surface area contributed by atoms with Crippen LogP contribution in [0.2, 0.25) is 0 Å². The maximum atomic E-state index is 3.63. The number of nitrogens with zero attached hydrogens (tertiary/aromatic N) is 1. The molecule has 0 amide bonds. The van der Waals surface area contributed by atoms with Gasteiger partial charge in [0.2, 0.25) is 0 Å². The first-order valence-electron chi connectivity index (χ1n) is 6.21. The van der Waals surface area contributed by atoms with Crippen LogP contribution >= 0.6 is 11.8 Å². The third kappa shape index (κ3) is 3.65. The second-order valence-electron chi connectivity index (χ2n) is 5.63. The molecule has 2 saturated heterocycles. The van der Waals surface area contributed by atoms with E-state index in [1.165, 1.54) is 50.5 Å². The smallest absolute Gasteiger partial charge is 0.0252 e. The van der Waals surface area contributed by atoms with Crippen LogP contribution in [-0.4, -0.2) is 48.1 Å². The van der Waals surface area contributed by atoms with E-state index in [0.717, 1.165) is 5.92 Å². The van der Waals surface area contributed by atoms with Gasteiger partial charge in [0.05, 0.1) is 0 Å². The number of thioether (sulfide) groups is 1. The SMILES string of the molecule is CC1(C)CN(CC2CCSC2)CCCN1. The second kappa shape index (κ2) is 5.07. The number of nitrogens with one attached hydrogen (secondary N) is 1. The molecule has 2 aliphatic heterocycles. The predicted octanol–water partition coefficient (Wildman–Crippen LogP) is 1.81. The van der Waals surface area contributed by atoms with Crippen molar-refractivity contribution >= 4 is 11.8 Å². The van der Waals surface area contributed by atoms with Crippen molar-refractivity contribution < 1.29 is 0 Å². The van der Waals surface area contributed by atoms with Crippen molar-refractivity contribution in [2.75, 3.05) is 37.7 Å². The van der Waals surface area contributed by atoms with Crippen LogP contribution in [0.15, 0.2) is 0 Å². The molecule has 3 heteroatoms. The van der Waals surface area contributed by atoms with E-state index in [4.69, 9.17) is 0 Å². The van der Waals surface area contributed by atoms with E-state index in [2.05, 4.69) is 35.8 Å². The van der Waals surface area contributed by atoms with Gasteiger partial charge < -0.3 is 10.2 Å². The molecular weight excluding hydrogens is 204 g/mol. The van der Waals surface area contributed by atoms with E-state index in [0.29, 0.717) is 5.54 Å². The Bertz CT molecular complexity index is 200. The fraction of sp³-hybridized carbons (Fsp3) is 1.00. The van der Waals surface area contributed by atoms with Gasteiger partial charge in [0, 0.05) is 18.6 Å². The summed E-state index contributed by atoms with van der Waals surface area (Å²) in [5, 5.41) is 3.63. The van der Waals surface area contributed by atoms with E-state index in [1.54, 1.807) is 0 Å². The van der Waals surface area contributed by atoms with E-state index < -0.39 is 0 Å². The Morgan fingerprint density at radius 3 is 3.07 bits per heavy atom. The lowest BCUT2D eigenvalue weighted by molar-refractivity contribution is 0.206. The van der Waals surface area contributed by atoms with Gasteiger partial charge in [-0.15, -0.1) is 0 Å². The molecule has 0 spiro atoms. The summed E-state index contributed by atoms with van der Waals surface area (Å²) in [5.41, 5.74) is 0.308. The van der Waals surface area contributed by atoms with Gasteiger partial charge in [-0.25, -0.2) is 0 Å². The molecule has 0 radical (unpaired) electrons. The summed E-state index contributed by atoms with van der Waals surface area (Å²) in [6.07, 6.45) is 2.75. The molecular formula is C12H24N2S. The quantitative estimate of drug-likeness (QED) is 0.776. The first kappa shape index (κ1) is 11.7. The van der Waals surface area contributed by atoms with Crippen LogP contribution in [0.25, 0.3) is 0 Å². The lowest BCUT2D eigenvalue weighted by Gasteiger charge is -2.31. The molecule has 0 aromatic rings. The van der Waals surface area contributed by atoms with Crippen molar-refractivity contribution in [2.45, 2.75) is 32.2 Å². The third-order valence-electron chi connectivity index (χ3n) is 3.41. The van der Waals surface area contributed by atoms with Crippen LogP contribution in [0.5, 0.6) is 0 Å². The van der Waals surface area contributed by atoms with Gasteiger partial charge in [-0.05, 0) is 57.2 Å². The first-order chi connectivity index (χ1) is 7.16. The molecule has 15 heavy (non-hydrogen) atoms. The molecule has 1 unspecified atom stereocenters. The monoisotopic (exact) mass is 228 g/mol. The van der Waals surface area contributed by atoms with Gasteiger partial charge in [-0.3, -0.25) is 0 Å². The van der Waals surface area contributed by atoms with E-state index in [-0.39, 0.29) is 0 Å². The summed E-state index contributed by atoms with van der Waals surface area (Å²) in [7, 11) is 0. The van der Waals surface area contributed by atoms with E-state index in [1.807, 2.05) is 0 Å². The predicted molar refractivity (Wildman–Crippen MR) is 68.6 cm³/mol. The molecule has 0 aromatic carbocycles. The van der Waals surface area contributed by atoms with Crippen molar-refractivity contribution in [3.8, 4) is 0 Å². The zero-order chi connectivity index (χ0) is 10.7. The Morgan fingerprint density at radius 1 is 1.47 bits per heavy atom. The van der Waals surface area contributed by atoms with Gasteiger partial charge in [-0.2, -0.15) is 11.8 Å². The van der Waals surface area contributed by atoms with Crippen LogP contribution in [-0.2, 0) is 0 Å². The molecule has 0 aliphatic carbocycles. The zero-order valence-corrected chi connectivity index (χ0v) is 10.9. The normalized spacial score (nSPS) is 32.8. The fourth-order valence-electron chi connectivity index (χ4n) is 2.67. The van der Waals surface area contributed by atoms with Crippen molar-refractivity contribution in [2.24, 2.45) is 5.92 Å². The number of hydrogen-bond acceptors (Lipinski definition) is 3. The molecule has 0 bridgehead atoms. The Hall–Kier alpha value is 0.270. The Labute approximate surface area is 98.2 Å². The van der Waals surface area contributed by atoms with Crippen molar-refractivity contribution in [3.63, 3.8) is 0 Å². The average molecular weight is 228 g/mol. The van der Waals surface area contributed by atoms with Crippen molar-refractivity contribution in [1.29, 1.82) is 0 Å². The Morgan fingerprint density at radius 2 is 2.33 bits per heavy atom. The second-order valence-corrected chi connectivity index (χ2v) is 6.78. The largest absolute Gasteiger partial charge is 0.310 e. The van der Waals surface area contributed by atoms with Crippen molar-refractivity contribution in [1.82, 2.24) is 10.2 Å². The lowest BCUT2D eigenvalue weighted by atomic mass is 10.0. The minimum absolute atomic E-state index is 0.308. The van der Waals surface area contributed by atoms with Gasteiger partial charge in [0.1, 0.15) is 0 Å². The molecule has 2 rings (SSSR count). The molecule has 2 fully saturated rings. The van der Waals surface area contributed by atoms with Crippen LogP contribution in [0.4, 0.5) is 0 Å². The van der Waals surface area contributed by atoms with E-state index >= 15 is 0 Å². The maximum absolute atomic E-state index is 3.63. The number of rotatable bonds is 2. The minimum Gasteiger partial charge on any atom is -0.310 e. The summed E-state index contributed by atoms with van der Waals surface area (Å²) in [6.45, 7) is 9.68. The molecule has 1 N–H and O–H groups in total. The molecule has 2 heterocycles. The molecule has 0 saturated carbocycles. The average Bonchev–Trinajstić information content (AvgIpc) is 2.58. The summed E-state index contributed by atoms with van der Waals surface area (Å²) in [6, 6.07) is 0. The maximum Gasteiger partial charge on any atom is 0.0252 e. The highest BCUT2D eigenvalue weighted by atomic mass is 32.2. The summed E-state index contributed by atoms with van der Waals surface area (Å²) in [5.74, 6) is 3.74.